The first-order valence-electron chi connectivity index (χ1n) is 8.87. The number of nitrogens with one attached hydrogen (secondary N) is 1. The zero-order chi connectivity index (χ0) is 17.6. The van der Waals surface area contributed by atoms with Gasteiger partial charge >= 0.3 is 0 Å². The number of rotatable bonds is 6. The van der Waals surface area contributed by atoms with E-state index in [1.807, 2.05) is 6.92 Å². The number of aryl methyl sites for hydroxylation is 2. The molecule has 2 aromatic heterocycles. The zero-order valence-corrected chi connectivity index (χ0v) is 16.6. The number of aromatic nitrogens is 1. The van der Waals surface area contributed by atoms with Crippen molar-refractivity contribution in [3.8, 4) is 0 Å². The lowest BCUT2D eigenvalue weighted by molar-refractivity contribution is -0.122. The molecule has 1 amide bonds. The van der Waals surface area contributed by atoms with E-state index in [1.54, 1.807) is 22.7 Å². The smallest absolute Gasteiger partial charge is 0.234 e. The second-order valence-electron chi connectivity index (χ2n) is 6.39. The topological polar surface area (TPSA) is 48.5 Å². The molecule has 2 aromatic rings. The maximum Gasteiger partial charge on any atom is 0.234 e. The molecule has 1 saturated heterocycles. The maximum absolute atomic E-state index is 12.3. The summed E-state index contributed by atoms with van der Waals surface area (Å²) in [5.41, 5.74) is 1.08. The summed E-state index contributed by atoms with van der Waals surface area (Å²) in [6.45, 7) is 9.14. The Balaban J connectivity index is 1.44. The molecule has 3 rings (SSSR count). The van der Waals surface area contributed by atoms with Gasteiger partial charge < -0.3 is 10.2 Å². The average Bonchev–Trinajstić information content (AvgIpc) is 3.18. The van der Waals surface area contributed by atoms with Gasteiger partial charge in [0.2, 0.25) is 5.91 Å². The van der Waals surface area contributed by atoms with Crippen LogP contribution in [0.25, 0.3) is 0 Å². The molecule has 1 N–H and O–H groups in total. The highest BCUT2D eigenvalue weighted by molar-refractivity contribution is 7.13. The van der Waals surface area contributed by atoms with Crippen LogP contribution >= 0.6 is 22.7 Å². The Hall–Kier alpha value is -1.44. The molecule has 136 valence electrons. The van der Waals surface area contributed by atoms with Crippen LogP contribution in [0, 0.1) is 6.92 Å². The van der Waals surface area contributed by atoms with E-state index >= 15 is 0 Å². The van der Waals surface area contributed by atoms with Gasteiger partial charge in [0.05, 0.1) is 18.8 Å². The van der Waals surface area contributed by atoms with Crippen LogP contribution in [0.1, 0.15) is 28.8 Å². The van der Waals surface area contributed by atoms with Crippen LogP contribution in [0.3, 0.4) is 0 Å². The van der Waals surface area contributed by atoms with Crippen LogP contribution in [0.4, 0.5) is 5.13 Å². The Bertz CT molecular complexity index is 697. The van der Waals surface area contributed by atoms with Crippen molar-refractivity contribution in [2.45, 2.75) is 33.2 Å². The third-order valence-electron chi connectivity index (χ3n) is 4.36. The van der Waals surface area contributed by atoms with Gasteiger partial charge in [-0.15, -0.1) is 22.7 Å². The molecule has 0 atom stereocenters. The number of hydrogen-bond donors (Lipinski definition) is 1. The van der Waals surface area contributed by atoms with Crippen LogP contribution in [-0.2, 0) is 17.8 Å². The molecule has 1 fully saturated rings. The summed E-state index contributed by atoms with van der Waals surface area (Å²) >= 11 is 3.49. The lowest BCUT2D eigenvalue weighted by Gasteiger charge is -2.21. The third kappa shape index (κ3) is 5.26. The molecule has 1 aliphatic rings. The lowest BCUT2D eigenvalue weighted by Crippen LogP contribution is -2.39. The Morgan fingerprint density at radius 1 is 1.24 bits per heavy atom. The van der Waals surface area contributed by atoms with Crippen molar-refractivity contribution in [2.24, 2.45) is 0 Å². The normalized spacial score (nSPS) is 16.0. The minimum absolute atomic E-state index is 0.116. The quantitative estimate of drug-likeness (QED) is 0.840. The predicted octanol–water partition coefficient (Wildman–Crippen LogP) is 2.90. The summed E-state index contributed by atoms with van der Waals surface area (Å²) in [7, 11) is 0. The van der Waals surface area contributed by atoms with E-state index in [9.17, 15) is 4.79 Å². The highest BCUT2D eigenvalue weighted by Crippen LogP contribution is 2.21. The second-order valence-corrected chi connectivity index (χ2v) is 8.48. The van der Waals surface area contributed by atoms with Crippen molar-refractivity contribution in [2.75, 3.05) is 37.6 Å². The fraction of sp³-hybridized carbons (Fsp3) is 0.556. The number of anilines is 1. The van der Waals surface area contributed by atoms with Crippen LogP contribution in [0.5, 0.6) is 0 Å². The number of hydrogen-bond acceptors (Lipinski definition) is 6. The number of thiophene rings is 1. The minimum atomic E-state index is 0.116. The van der Waals surface area contributed by atoms with Crippen molar-refractivity contribution in [3.63, 3.8) is 0 Å². The van der Waals surface area contributed by atoms with Gasteiger partial charge in [0.15, 0.2) is 5.13 Å². The van der Waals surface area contributed by atoms with Crippen molar-refractivity contribution in [1.82, 2.24) is 15.2 Å². The molecule has 7 heteroatoms. The number of carbonyl (C=O) groups excluding carboxylic acids is 1. The Labute approximate surface area is 157 Å². The van der Waals surface area contributed by atoms with Gasteiger partial charge in [0.1, 0.15) is 0 Å². The molecular formula is C18H26N4OS2. The standard InChI is InChI=1S/C18H26N4OS2/c1-3-15-5-6-16(25-15)11-19-17(23)12-21-7-4-8-22(10-9-21)18-20-14(2)13-24-18/h5-6,13H,3-4,7-12H2,1-2H3,(H,19,23). The Morgan fingerprint density at radius 3 is 2.80 bits per heavy atom. The van der Waals surface area contributed by atoms with E-state index < -0.39 is 0 Å². The summed E-state index contributed by atoms with van der Waals surface area (Å²) in [6.07, 6.45) is 2.12. The molecule has 0 aromatic carbocycles. The first kappa shape index (κ1) is 18.4. The van der Waals surface area contributed by atoms with Crippen molar-refractivity contribution in [3.05, 3.63) is 33.0 Å². The molecule has 0 radical (unpaired) electrons. The average molecular weight is 379 g/mol. The monoisotopic (exact) mass is 378 g/mol. The van der Waals surface area contributed by atoms with Crippen molar-refractivity contribution in [1.29, 1.82) is 0 Å². The maximum atomic E-state index is 12.3. The summed E-state index contributed by atoms with van der Waals surface area (Å²) in [4.78, 5) is 24.0. The highest BCUT2D eigenvalue weighted by Gasteiger charge is 2.18. The van der Waals surface area contributed by atoms with E-state index in [1.165, 1.54) is 9.75 Å². The van der Waals surface area contributed by atoms with Gasteiger partial charge in [-0.3, -0.25) is 9.69 Å². The SMILES string of the molecule is CCc1ccc(CNC(=O)CN2CCCN(c3nc(C)cs3)CC2)s1. The fourth-order valence-corrected chi connectivity index (χ4v) is 4.71. The summed E-state index contributed by atoms with van der Waals surface area (Å²) in [5, 5.41) is 6.26. The molecule has 3 heterocycles. The van der Waals surface area contributed by atoms with Crippen molar-refractivity contribution < 1.29 is 4.79 Å². The van der Waals surface area contributed by atoms with Gasteiger partial charge in [0.25, 0.3) is 0 Å². The van der Waals surface area contributed by atoms with E-state index in [0.717, 1.165) is 49.8 Å². The number of carbonyl (C=O) groups is 1. The molecule has 0 saturated carbocycles. The molecule has 0 aliphatic carbocycles. The Kier molecular flexibility index (Phi) is 6.45. The van der Waals surface area contributed by atoms with E-state index in [2.05, 4.69) is 44.5 Å². The minimum Gasteiger partial charge on any atom is -0.350 e. The number of amides is 1. The zero-order valence-electron chi connectivity index (χ0n) is 15.0. The van der Waals surface area contributed by atoms with Gasteiger partial charge in [-0.05, 0) is 31.9 Å². The highest BCUT2D eigenvalue weighted by atomic mass is 32.1. The number of nitrogens with zero attached hydrogens (tertiary/aromatic N) is 3. The van der Waals surface area contributed by atoms with E-state index in [4.69, 9.17) is 0 Å². The van der Waals surface area contributed by atoms with Gasteiger partial charge in [-0.25, -0.2) is 4.98 Å². The molecule has 5 nitrogen and oxygen atoms in total. The lowest BCUT2D eigenvalue weighted by atomic mass is 10.3. The first-order chi connectivity index (χ1) is 12.1. The van der Waals surface area contributed by atoms with Gasteiger partial charge in [0, 0.05) is 41.3 Å². The summed E-state index contributed by atoms with van der Waals surface area (Å²) < 4.78 is 0. The predicted molar refractivity (Wildman–Crippen MR) is 106 cm³/mol. The molecule has 1 aliphatic heterocycles. The van der Waals surface area contributed by atoms with Crippen molar-refractivity contribution >= 4 is 33.7 Å². The van der Waals surface area contributed by atoms with Crippen LogP contribution < -0.4 is 10.2 Å². The first-order valence-corrected chi connectivity index (χ1v) is 10.6. The summed E-state index contributed by atoms with van der Waals surface area (Å²) in [6, 6.07) is 4.26. The third-order valence-corrected chi connectivity index (χ3v) is 6.61. The molecule has 0 bridgehead atoms. The Morgan fingerprint density at radius 2 is 2.08 bits per heavy atom. The largest absolute Gasteiger partial charge is 0.350 e. The van der Waals surface area contributed by atoms with Crippen LogP contribution in [0.15, 0.2) is 17.5 Å². The summed E-state index contributed by atoms with van der Waals surface area (Å²) in [5.74, 6) is 0.116. The van der Waals surface area contributed by atoms with Crippen LogP contribution in [-0.4, -0.2) is 48.5 Å². The van der Waals surface area contributed by atoms with E-state index in [0.29, 0.717) is 13.1 Å². The fourth-order valence-electron chi connectivity index (χ4n) is 2.96. The molecular weight excluding hydrogens is 352 g/mol. The van der Waals surface area contributed by atoms with Gasteiger partial charge in [-0.1, -0.05) is 6.92 Å². The second kappa shape index (κ2) is 8.78. The number of thiazole rings is 1. The molecule has 25 heavy (non-hydrogen) atoms. The van der Waals surface area contributed by atoms with E-state index in [-0.39, 0.29) is 5.91 Å². The molecule has 0 unspecified atom stereocenters. The van der Waals surface area contributed by atoms with Gasteiger partial charge in [-0.2, -0.15) is 0 Å². The van der Waals surface area contributed by atoms with Crippen LogP contribution in [0.2, 0.25) is 0 Å². The molecule has 0 spiro atoms.